The Bertz CT molecular complexity index is 13.5. The molecule has 0 aromatic heterocycles. The van der Waals surface area contributed by atoms with Crippen molar-refractivity contribution in [3.05, 3.63) is 10.1 Å². The van der Waals surface area contributed by atoms with Crippen LogP contribution in [0.5, 0.6) is 0 Å². The smallest absolute Gasteiger partial charge is 0.00366 e. The van der Waals surface area contributed by atoms with Crippen LogP contribution in [0.1, 0.15) is 0 Å². The molecule has 0 aliphatic rings. The number of hydrogen-bond acceptors (Lipinski definition) is 2. The normalized spacial score (nSPS) is 3.00. The summed E-state index contributed by atoms with van der Waals surface area (Å²) in [7, 11) is 0. The number of rotatable bonds is 0. The summed E-state index contributed by atoms with van der Waals surface area (Å²) in [5, 5.41) is 8.38. The molecule has 0 saturated carbocycles. The zero-order chi connectivity index (χ0) is 2.71. The van der Waals surface area contributed by atoms with Gasteiger partial charge in [-0.15, -0.1) is 0 Å². The first-order valence-corrected chi connectivity index (χ1v) is 0.408. The standard InChI is InChI=1S/HNO2.Ni/c2-1-3;/h1H;. The van der Waals surface area contributed by atoms with Crippen LogP contribution in [-0.2, 0) is 16.5 Å². The van der Waals surface area contributed by atoms with Gasteiger partial charge >= 0.3 is 0 Å². The summed E-state index contributed by atoms with van der Waals surface area (Å²) in [5.74, 6) is 0. The molecule has 0 saturated heterocycles. The third kappa shape index (κ3) is 133. The van der Waals surface area contributed by atoms with Gasteiger partial charge in [0.1, 0.15) is 0 Å². The van der Waals surface area contributed by atoms with Crippen LogP contribution in [-0.4, -0.2) is 0 Å². The van der Waals surface area contributed by atoms with E-state index in [4.69, 9.17) is 10.1 Å². The maximum Gasteiger partial charge on any atom is 0.00366 e. The Hall–Kier alpha value is -0.106. The fourth-order valence-corrected chi connectivity index (χ4v) is 0. The van der Waals surface area contributed by atoms with Crippen molar-refractivity contribution in [1.82, 2.24) is 0 Å². The van der Waals surface area contributed by atoms with Gasteiger partial charge in [-0.2, -0.15) is 0 Å². The van der Waals surface area contributed by atoms with Gasteiger partial charge in [0.05, 0.1) is 0 Å². The summed E-state index contributed by atoms with van der Waals surface area (Å²) in [5.41, 5.74) is 0. The molecular formula is HNNiO2. The topological polar surface area (TPSA) is 54.1 Å². The fourth-order valence-electron chi connectivity index (χ4n) is 0. The molecular weight excluding hydrogens is 105 g/mol. The van der Waals surface area contributed by atoms with Crippen LogP contribution in [0.3, 0.4) is 0 Å². The van der Waals surface area contributed by atoms with Gasteiger partial charge in [-0.1, -0.05) is 0 Å². The van der Waals surface area contributed by atoms with E-state index < -0.39 is 0 Å². The number of nitrogens with one attached hydrogen (secondary N) is 1. The van der Waals surface area contributed by atoms with Gasteiger partial charge in [0.15, 0.2) is 0 Å². The Kier molecular flexibility index (Phi) is 29.5. The first-order valence-electron chi connectivity index (χ1n) is 0.408. The number of hydrogen-bond donors (Lipinski definition) is 1. The minimum atomic E-state index is 0. The summed E-state index contributed by atoms with van der Waals surface area (Å²) in [6, 6.07) is 0. The molecule has 4 heteroatoms. The molecule has 0 rings (SSSR count). The summed E-state index contributed by atoms with van der Waals surface area (Å²) in [6.07, 6.45) is 0. The van der Waals surface area contributed by atoms with E-state index in [1.54, 1.807) is 0 Å². The molecule has 0 aliphatic carbocycles. The van der Waals surface area contributed by atoms with Crippen molar-refractivity contribution in [1.29, 1.82) is 0 Å². The molecule has 0 unspecified atom stereocenters. The molecule has 0 amide bonds. The zero-order valence-corrected chi connectivity index (χ0v) is 2.62. The zero-order valence-electron chi connectivity index (χ0n) is 1.63. The second-order valence-electron chi connectivity index (χ2n) is 0.0833. The van der Waals surface area contributed by atoms with Gasteiger partial charge in [0, 0.05) is 21.8 Å². The molecule has 0 bridgehead atoms. The minimum absolute atomic E-state index is 0. The van der Waals surface area contributed by atoms with Gasteiger partial charge < -0.3 is 0 Å². The van der Waals surface area contributed by atoms with Crippen LogP contribution in [0.2, 0.25) is 0 Å². The molecule has 0 heterocycles. The van der Waals surface area contributed by atoms with E-state index in [0.29, 0.717) is 0 Å². The molecule has 0 aromatic rings. The summed E-state index contributed by atoms with van der Waals surface area (Å²) in [4.78, 5) is 8.12. The van der Waals surface area contributed by atoms with Crippen LogP contribution < -0.4 is 5.34 Å². The predicted molar refractivity (Wildman–Crippen MR) is 7.70 cm³/mol. The Morgan fingerprint density at radius 1 is 1.75 bits per heavy atom. The van der Waals surface area contributed by atoms with Crippen LogP contribution in [0.15, 0.2) is 0 Å². The van der Waals surface area contributed by atoms with Crippen molar-refractivity contribution in [3.63, 3.8) is 0 Å². The molecule has 0 fully saturated rings. The third-order valence-electron chi connectivity index (χ3n) is 0. The molecule has 28 valence electrons. The second-order valence-corrected chi connectivity index (χ2v) is 0.0833. The van der Waals surface area contributed by atoms with Gasteiger partial charge in [0.2, 0.25) is 0 Å². The van der Waals surface area contributed by atoms with E-state index in [0.717, 1.165) is 0 Å². The average Bonchev–Trinajstić information content (AvgIpc) is 0.918. The monoisotopic (exact) mass is 105 g/mol. The molecule has 0 aliphatic heterocycles. The van der Waals surface area contributed by atoms with E-state index >= 15 is 0 Å². The molecule has 4 heavy (non-hydrogen) atoms. The molecule has 0 radical (unpaired) electrons. The minimum Gasteiger partial charge on any atom is -0.267 e. The Morgan fingerprint density at radius 2 is 1.75 bits per heavy atom. The molecule has 3 nitrogen and oxygen atoms in total. The van der Waals surface area contributed by atoms with Gasteiger partial charge in [-0.05, 0) is 0 Å². The van der Waals surface area contributed by atoms with Gasteiger partial charge in [0.25, 0.3) is 0 Å². The maximum atomic E-state index is 8.12. The fraction of sp³-hybridized carbons (Fsp3) is 0. The second kappa shape index (κ2) is 13.0. The Labute approximate surface area is 32.9 Å². The first-order chi connectivity index (χ1) is 1.41. The van der Waals surface area contributed by atoms with E-state index in [2.05, 4.69) is 0 Å². The van der Waals surface area contributed by atoms with Crippen LogP contribution in [0.4, 0.5) is 0 Å². The molecule has 0 spiro atoms. The van der Waals surface area contributed by atoms with Gasteiger partial charge in [-0.25, -0.2) is 0 Å². The summed E-state index contributed by atoms with van der Waals surface area (Å²) in [6.45, 7) is 0. The van der Waals surface area contributed by atoms with Crippen molar-refractivity contribution in [2.75, 3.05) is 0 Å². The van der Waals surface area contributed by atoms with E-state index in [9.17, 15) is 0 Å². The van der Waals surface area contributed by atoms with Crippen molar-refractivity contribution < 1.29 is 21.8 Å². The van der Waals surface area contributed by atoms with Crippen molar-refractivity contribution in [2.45, 2.75) is 0 Å². The van der Waals surface area contributed by atoms with Crippen LogP contribution in [0.25, 0.3) is 0 Å². The average molecular weight is 106 g/mol. The summed E-state index contributed by atoms with van der Waals surface area (Å²) < 4.78 is 0. The Balaban J connectivity index is 0. The van der Waals surface area contributed by atoms with Crippen molar-refractivity contribution in [2.24, 2.45) is 0 Å². The van der Waals surface area contributed by atoms with Crippen LogP contribution in [0, 0.1) is 10.1 Å². The van der Waals surface area contributed by atoms with E-state index in [1.165, 1.54) is 0 Å². The third-order valence-corrected chi connectivity index (χ3v) is 0. The van der Waals surface area contributed by atoms with Crippen molar-refractivity contribution >= 4 is 0 Å². The molecule has 0 aromatic carbocycles. The largest absolute Gasteiger partial charge is 0.267 e. The summed E-state index contributed by atoms with van der Waals surface area (Å²) >= 11 is 0. The maximum absolute atomic E-state index is 8.12. The molecule has 1 N–H and O–H groups in total. The van der Waals surface area contributed by atoms with Gasteiger partial charge in [-0.3, -0.25) is 10.1 Å². The molecule has 0 atom stereocenters. The Morgan fingerprint density at radius 3 is 1.75 bits per heavy atom. The van der Waals surface area contributed by atoms with Crippen molar-refractivity contribution in [3.8, 4) is 0 Å². The first kappa shape index (κ1) is 9.09. The van der Waals surface area contributed by atoms with Crippen LogP contribution >= 0.6 is 0 Å². The van der Waals surface area contributed by atoms with E-state index in [-0.39, 0.29) is 21.8 Å². The quantitative estimate of drug-likeness (QED) is 0.228. The van der Waals surface area contributed by atoms with E-state index in [1.807, 2.05) is 0 Å². The predicted octanol–water partition coefficient (Wildman–Crippen LogP) is -1.67. The SMILES string of the molecule is O=[NH+][O-].[Ni].